The van der Waals surface area contributed by atoms with Gasteiger partial charge in [-0.15, -0.1) is 0 Å². The number of nitrogens with one attached hydrogen (secondary N) is 1. The van der Waals surface area contributed by atoms with Gasteiger partial charge in [-0.3, -0.25) is 9.59 Å². The maximum Gasteiger partial charge on any atom is 0.253 e. The molecule has 0 saturated carbocycles. The van der Waals surface area contributed by atoms with E-state index in [-0.39, 0.29) is 18.0 Å². The van der Waals surface area contributed by atoms with Crippen LogP contribution in [0.4, 0.5) is 0 Å². The highest BCUT2D eigenvalue weighted by Crippen LogP contribution is 2.21. The molecule has 0 unspecified atom stereocenters. The molecule has 0 saturated heterocycles. The summed E-state index contributed by atoms with van der Waals surface area (Å²) in [7, 11) is 0. The third-order valence-corrected chi connectivity index (χ3v) is 5.08. The molecule has 1 heterocycles. The number of nitrogens with zero attached hydrogens (tertiary/aromatic N) is 1. The van der Waals surface area contributed by atoms with Gasteiger partial charge in [0.15, 0.2) is 0 Å². The van der Waals surface area contributed by atoms with Gasteiger partial charge in [0.2, 0.25) is 5.91 Å². The SMILES string of the molecule is CCC(=O)N(Cc1ccc(Cl)cc1)Cc1cc2c(C)ccc(C)c2[nH]c1=O. The van der Waals surface area contributed by atoms with Gasteiger partial charge in [-0.25, -0.2) is 0 Å². The normalized spacial score (nSPS) is 11.0. The first-order chi connectivity index (χ1) is 12.9. The molecule has 140 valence electrons. The Morgan fingerprint density at radius 1 is 1.04 bits per heavy atom. The lowest BCUT2D eigenvalue weighted by atomic mass is 10.0. The van der Waals surface area contributed by atoms with Crippen molar-refractivity contribution in [1.82, 2.24) is 9.88 Å². The van der Waals surface area contributed by atoms with Crippen molar-refractivity contribution >= 4 is 28.4 Å². The number of aromatic nitrogens is 1. The fraction of sp³-hybridized carbons (Fsp3) is 0.273. The summed E-state index contributed by atoms with van der Waals surface area (Å²) in [6, 6.07) is 13.4. The molecule has 5 heteroatoms. The number of aromatic amines is 1. The van der Waals surface area contributed by atoms with Crippen LogP contribution in [0.3, 0.4) is 0 Å². The summed E-state index contributed by atoms with van der Waals surface area (Å²) in [5, 5.41) is 1.67. The van der Waals surface area contributed by atoms with Crippen molar-refractivity contribution in [2.75, 3.05) is 0 Å². The summed E-state index contributed by atoms with van der Waals surface area (Å²) in [6.07, 6.45) is 0.386. The minimum absolute atomic E-state index is 0.00501. The molecule has 3 rings (SSSR count). The number of amides is 1. The molecular weight excluding hydrogens is 360 g/mol. The second-order valence-corrected chi connectivity index (χ2v) is 7.28. The molecule has 0 bridgehead atoms. The van der Waals surface area contributed by atoms with E-state index in [9.17, 15) is 9.59 Å². The van der Waals surface area contributed by atoms with E-state index in [0.717, 1.165) is 27.6 Å². The first kappa shape index (κ1) is 19.2. The molecule has 0 aliphatic heterocycles. The van der Waals surface area contributed by atoms with E-state index >= 15 is 0 Å². The zero-order chi connectivity index (χ0) is 19.6. The van der Waals surface area contributed by atoms with Gasteiger partial charge in [-0.1, -0.05) is 42.8 Å². The lowest BCUT2D eigenvalue weighted by Gasteiger charge is -2.22. The van der Waals surface area contributed by atoms with Crippen LogP contribution in [-0.2, 0) is 17.9 Å². The van der Waals surface area contributed by atoms with Crippen molar-refractivity contribution in [3.63, 3.8) is 0 Å². The number of rotatable bonds is 5. The Hall–Kier alpha value is -2.59. The van der Waals surface area contributed by atoms with Crippen LogP contribution >= 0.6 is 11.6 Å². The Morgan fingerprint density at radius 2 is 1.70 bits per heavy atom. The zero-order valence-electron chi connectivity index (χ0n) is 15.8. The van der Waals surface area contributed by atoms with E-state index in [4.69, 9.17) is 11.6 Å². The number of aryl methyl sites for hydroxylation is 2. The maximum absolute atomic E-state index is 12.6. The summed E-state index contributed by atoms with van der Waals surface area (Å²) in [6.45, 7) is 6.54. The van der Waals surface area contributed by atoms with E-state index in [2.05, 4.69) is 4.98 Å². The molecule has 0 radical (unpaired) electrons. The van der Waals surface area contributed by atoms with Gasteiger partial charge in [0, 0.05) is 28.9 Å². The van der Waals surface area contributed by atoms with E-state index in [0.29, 0.717) is 23.6 Å². The Balaban J connectivity index is 1.97. The third kappa shape index (κ3) is 4.22. The van der Waals surface area contributed by atoms with Crippen LogP contribution < -0.4 is 5.56 Å². The van der Waals surface area contributed by atoms with Crippen molar-refractivity contribution in [3.05, 3.63) is 80.1 Å². The number of fused-ring (bicyclic) bond motifs is 1. The monoisotopic (exact) mass is 382 g/mol. The summed E-state index contributed by atoms with van der Waals surface area (Å²) in [5.74, 6) is 0.00501. The van der Waals surface area contributed by atoms with Gasteiger partial charge in [0.25, 0.3) is 5.56 Å². The first-order valence-electron chi connectivity index (χ1n) is 9.03. The molecule has 2 aromatic carbocycles. The Labute approximate surface area is 163 Å². The topological polar surface area (TPSA) is 53.2 Å². The third-order valence-electron chi connectivity index (χ3n) is 4.82. The zero-order valence-corrected chi connectivity index (χ0v) is 16.6. The summed E-state index contributed by atoms with van der Waals surface area (Å²) in [4.78, 5) is 29.8. The van der Waals surface area contributed by atoms with Crippen molar-refractivity contribution in [1.29, 1.82) is 0 Å². The average molecular weight is 383 g/mol. The van der Waals surface area contributed by atoms with Crippen LogP contribution in [0.5, 0.6) is 0 Å². The van der Waals surface area contributed by atoms with Gasteiger partial charge in [0.1, 0.15) is 0 Å². The minimum atomic E-state index is -0.152. The number of pyridine rings is 1. The smallest absolute Gasteiger partial charge is 0.253 e. The number of hydrogen-bond donors (Lipinski definition) is 1. The molecule has 0 atom stereocenters. The largest absolute Gasteiger partial charge is 0.334 e. The molecule has 0 spiro atoms. The predicted molar refractivity (Wildman–Crippen MR) is 110 cm³/mol. The molecule has 1 N–H and O–H groups in total. The number of carbonyl (C=O) groups is 1. The Kier molecular flexibility index (Phi) is 5.66. The van der Waals surface area contributed by atoms with Crippen molar-refractivity contribution < 1.29 is 4.79 Å². The van der Waals surface area contributed by atoms with E-state index in [1.165, 1.54) is 0 Å². The van der Waals surface area contributed by atoms with Crippen molar-refractivity contribution in [3.8, 4) is 0 Å². The van der Waals surface area contributed by atoms with Crippen LogP contribution in [0.2, 0.25) is 5.02 Å². The molecule has 1 aromatic heterocycles. The minimum Gasteiger partial charge on any atom is -0.334 e. The van der Waals surface area contributed by atoms with Crippen LogP contribution in [-0.4, -0.2) is 15.8 Å². The van der Waals surface area contributed by atoms with E-state index < -0.39 is 0 Å². The molecule has 0 aliphatic rings. The molecular formula is C22H23ClN2O2. The molecule has 4 nitrogen and oxygen atoms in total. The van der Waals surface area contributed by atoms with Crippen LogP contribution in [0.15, 0.2) is 47.3 Å². The quantitative estimate of drug-likeness (QED) is 0.693. The van der Waals surface area contributed by atoms with Gasteiger partial charge in [-0.2, -0.15) is 0 Å². The van der Waals surface area contributed by atoms with E-state index in [1.54, 1.807) is 17.0 Å². The molecule has 27 heavy (non-hydrogen) atoms. The highest BCUT2D eigenvalue weighted by Gasteiger charge is 2.16. The number of hydrogen-bond acceptors (Lipinski definition) is 2. The van der Waals surface area contributed by atoms with Crippen molar-refractivity contribution in [2.24, 2.45) is 0 Å². The van der Waals surface area contributed by atoms with Crippen LogP contribution in [0.1, 0.15) is 35.6 Å². The fourth-order valence-electron chi connectivity index (χ4n) is 3.21. The predicted octanol–water partition coefficient (Wildman–Crippen LogP) is 4.74. The summed E-state index contributed by atoms with van der Waals surface area (Å²) < 4.78 is 0. The second-order valence-electron chi connectivity index (χ2n) is 6.84. The Morgan fingerprint density at radius 3 is 2.37 bits per heavy atom. The highest BCUT2D eigenvalue weighted by atomic mass is 35.5. The van der Waals surface area contributed by atoms with Gasteiger partial charge >= 0.3 is 0 Å². The second kappa shape index (κ2) is 7.97. The molecule has 3 aromatic rings. The summed E-state index contributed by atoms with van der Waals surface area (Å²) >= 11 is 5.95. The summed E-state index contributed by atoms with van der Waals surface area (Å²) in [5.41, 5.74) is 4.40. The lowest BCUT2D eigenvalue weighted by molar-refractivity contribution is -0.132. The maximum atomic E-state index is 12.6. The highest BCUT2D eigenvalue weighted by molar-refractivity contribution is 6.30. The standard InChI is InChI=1S/C22H23ClN2O2/c1-4-20(26)25(12-16-7-9-18(23)10-8-16)13-17-11-19-14(2)5-6-15(3)21(19)24-22(17)27/h5-11H,4,12-13H2,1-3H3,(H,24,27). The number of carbonyl (C=O) groups excluding carboxylic acids is 1. The number of benzene rings is 2. The van der Waals surface area contributed by atoms with Crippen LogP contribution in [0.25, 0.3) is 10.9 Å². The first-order valence-corrected chi connectivity index (χ1v) is 9.41. The van der Waals surface area contributed by atoms with Gasteiger partial charge < -0.3 is 9.88 Å². The number of H-pyrrole nitrogens is 1. The van der Waals surface area contributed by atoms with E-state index in [1.807, 2.05) is 51.1 Å². The lowest BCUT2D eigenvalue weighted by Crippen LogP contribution is -2.32. The molecule has 0 aliphatic carbocycles. The molecule has 0 fully saturated rings. The van der Waals surface area contributed by atoms with Crippen LogP contribution in [0, 0.1) is 13.8 Å². The molecule has 1 amide bonds. The number of halogens is 1. The van der Waals surface area contributed by atoms with Crippen molar-refractivity contribution in [2.45, 2.75) is 40.3 Å². The fourth-order valence-corrected chi connectivity index (χ4v) is 3.33. The average Bonchev–Trinajstić information content (AvgIpc) is 2.66. The Bertz CT molecular complexity index is 1040. The van der Waals surface area contributed by atoms with Gasteiger partial charge in [-0.05, 0) is 48.7 Å². The van der Waals surface area contributed by atoms with Gasteiger partial charge in [0.05, 0.1) is 12.1 Å².